The zero-order valence-electron chi connectivity index (χ0n) is 9.42. The number of hydrogen-bond acceptors (Lipinski definition) is 3. The van der Waals surface area contributed by atoms with Gasteiger partial charge in [0, 0.05) is 5.02 Å². The largest absolute Gasteiger partial charge is 0.462 e. The SMILES string of the molecule is CCOC(=O)C(F)(F)[C@@H](N)c1ccc(F)cc1Cl. The predicted octanol–water partition coefficient (Wildman–Crippen LogP) is 2.68. The number of rotatable bonds is 4. The number of halogens is 4. The molecule has 0 spiro atoms. The number of ether oxygens (including phenoxy) is 1. The van der Waals surface area contributed by atoms with E-state index in [-0.39, 0.29) is 17.2 Å². The van der Waals surface area contributed by atoms with Crippen molar-refractivity contribution in [2.45, 2.75) is 18.9 Å². The van der Waals surface area contributed by atoms with Gasteiger partial charge in [-0.25, -0.2) is 9.18 Å². The zero-order chi connectivity index (χ0) is 13.9. The van der Waals surface area contributed by atoms with E-state index in [9.17, 15) is 18.0 Å². The Kier molecular flexibility index (Phi) is 4.59. The van der Waals surface area contributed by atoms with E-state index in [0.717, 1.165) is 18.2 Å². The molecule has 0 radical (unpaired) electrons. The molecule has 18 heavy (non-hydrogen) atoms. The summed E-state index contributed by atoms with van der Waals surface area (Å²) in [7, 11) is 0. The lowest BCUT2D eigenvalue weighted by atomic mass is 10.0. The molecular formula is C11H11ClF3NO2. The molecule has 0 amide bonds. The van der Waals surface area contributed by atoms with Crippen LogP contribution in [-0.2, 0) is 9.53 Å². The van der Waals surface area contributed by atoms with E-state index in [2.05, 4.69) is 4.74 Å². The Morgan fingerprint density at radius 2 is 2.17 bits per heavy atom. The smallest absolute Gasteiger partial charge is 0.379 e. The minimum absolute atomic E-state index is 0.196. The summed E-state index contributed by atoms with van der Waals surface area (Å²) in [5.41, 5.74) is 5.07. The highest BCUT2D eigenvalue weighted by molar-refractivity contribution is 6.31. The summed E-state index contributed by atoms with van der Waals surface area (Å²) in [6, 6.07) is 0.792. The van der Waals surface area contributed by atoms with E-state index in [1.807, 2.05) is 0 Å². The second-order valence-corrected chi connectivity index (χ2v) is 3.89. The number of nitrogens with two attached hydrogens (primary N) is 1. The molecule has 2 N–H and O–H groups in total. The van der Waals surface area contributed by atoms with Crippen molar-refractivity contribution in [2.24, 2.45) is 5.73 Å². The standard InChI is InChI=1S/C11H11ClF3NO2/c1-2-18-10(17)11(14,15)9(16)7-4-3-6(13)5-8(7)12/h3-5,9H,2,16H2,1H3/t9-/m0/s1. The van der Waals surface area contributed by atoms with Gasteiger partial charge in [0.1, 0.15) is 11.9 Å². The van der Waals surface area contributed by atoms with E-state index in [0.29, 0.717) is 0 Å². The van der Waals surface area contributed by atoms with Crippen LogP contribution in [0.25, 0.3) is 0 Å². The highest BCUT2D eigenvalue weighted by atomic mass is 35.5. The van der Waals surface area contributed by atoms with Gasteiger partial charge in [0.05, 0.1) is 6.61 Å². The molecule has 0 fully saturated rings. The first kappa shape index (κ1) is 14.8. The van der Waals surface area contributed by atoms with Crippen molar-refractivity contribution < 1.29 is 22.7 Å². The summed E-state index contributed by atoms with van der Waals surface area (Å²) in [6.45, 7) is 1.20. The maximum absolute atomic E-state index is 13.6. The average molecular weight is 282 g/mol. The van der Waals surface area contributed by atoms with Crippen LogP contribution >= 0.6 is 11.6 Å². The second kappa shape index (κ2) is 5.58. The van der Waals surface area contributed by atoms with Gasteiger partial charge in [0.15, 0.2) is 0 Å². The van der Waals surface area contributed by atoms with Crippen LogP contribution in [0.3, 0.4) is 0 Å². The molecule has 0 saturated heterocycles. The number of hydrogen-bond donors (Lipinski definition) is 1. The number of esters is 1. The van der Waals surface area contributed by atoms with Gasteiger partial charge in [0.25, 0.3) is 0 Å². The van der Waals surface area contributed by atoms with Gasteiger partial charge >= 0.3 is 11.9 Å². The number of benzene rings is 1. The molecule has 0 aliphatic rings. The molecule has 0 aliphatic carbocycles. The second-order valence-electron chi connectivity index (χ2n) is 3.49. The first-order valence-electron chi connectivity index (χ1n) is 5.06. The third kappa shape index (κ3) is 2.94. The monoisotopic (exact) mass is 281 g/mol. The van der Waals surface area contributed by atoms with E-state index >= 15 is 0 Å². The fourth-order valence-corrected chi connectivity index (χ4v) is 1.59. The Balaban J connectivity index is 3.05. The summed E-state index contributed by atoms with van der Waals surface area (Å²) >= 11 is 5.61. The number of carbonyl (C=O) groups excluding carboxylic acids is 1. The molecule has 1 aromatic rings. The molecule has 1 rings (SSSR count). The zero-order valence-corrected chi connectivity index (χ0v) is 10.2. The molecule has 0 aromatic heterocycles. The van der Waals surface area contributed by atoms with Gasteiger partial charge in [0.2, 0.25) is 0 Å². The van der Waals surface area contributed by atoms with Gasteiger partial charge in [-0.05, 0) is 24.6 Å². The minimum Gasteiger partial charge on any atom is -0.462 e. The normalized spacial score (nSPS) is 13.2. The van der Waals surface area contributed by atoms with Crippen LogP contribution in [0.5, 0.6) is 0 Å². The molecule has 0 aliphatic heterocycles. The van der Waals surface area contributed by atoms with Crippen LogP contribution in [0, 0.1) is 5.82 Å². The Morgan fingerprint density at radius 1 is 1.56 bits per heavy atom. The molecular weight excluding hydrogens is 271 g/mol. The molecule has 3 nitrogen and oxygen atoms in total. The van der Waals surface area contributed by atoms with Crippen molar-refractivity contribution in [3.63, 3.8) is 0 Å². The van der Waals surface area contributed by atoms with Gasteiger partial charge in [-0.3, -0.25) is 0 Å². The van der Waals surface area contributed by atoms with Crippen molar-refractivity contribution in [3.8, 4) is 0 Å². The first-order valence-corrected chi connectivity index (χ1v) is 5.44. The molecule has 0 unspecified atom stereocenters. The molecule has 0 bridgehead atoms. The van der Waals surface area contributed by atoms with Crippen molar-refractivity contribution in [1.82, 2.24) is 0 Å². The number of carbonyl (C=O) groups is 1. The molecule has 1 aromatic carbocycles. The quantitative estimate of drug-likeness (QED) is 0.863. The van der Waals surface area contributed by atoms with Gasteiger partial charge in [-0.15, -0.1) is 0 Å². The molecule has 7 heteroatoms. The lowest BCUT2D eigenvalue weighted by Gasteiger charge is -2.22. The molecule has 1 atom stereocenters. The maximum atomic E-state index is 13.6. The van der Waals surface area contributed by atoms with Gasteiger partial charge in [-0.1, -0.05) is 17.7 Å². The fraction of sp³-hybridized carbons (Fsp3) is 0.364. The highest BCUT2D eigenvalue weighted by Gasteiger charge is 2.48. The summed E-state index contributed by atoms with van der Waals surface area (Å²) in [4.78, 5) is 11.1. The molecule has 0 heterocycles. The van der Waals surface area contributed by atoms with Crippen LogP contribution in [0.1, 0.15) is 18.5 Å². The number of alkyl halides is 2. The van der Waals surface area contributed by atoms with Crippen molar-refractivity contribution in [2.75, 3.05) is 6.61 Å². The van der Waals surface area contributed by atoms with E-state index in [1.54, 1.807) is 0 Å². The van der Waals surface area contributed by atoms with Gasteiger partial charge < -0.3 is 10.5 Å². The third-order valence-corrected chi connectivity index (χ3v) is 2.56. The average Bonchev–Trinajstić information content (AvgIpc) is 2.28. The van der Waals surface area contributed by atoms with Crippen molar-refractivity contribution in [3.05, 3.63) is 34.6 Å². The van der Waals surface area contributed by atoms with E-state index in [4.69, 9.17) is 17.3 Å². The summed E-state index contributed by atoms with van der Waals surface area (Å²) in [5, 5.41) is -0.272. The van der Waals surface area contributed by atoms with Gasteiger partial charge in [-0.2, -0.15) is 8.78 Å². The van der Waals surface area contributed by atoms with Crippen molar-refractivity contribution in [1.29, 1.82) is 0 Å². The van der Waals surface area contributed by atoms with E-state index in [1.165, 1.54) is 6.92 Å². The Labute approximate surface area is 107 Å². The summed E-state index contributed by atoms with van der Waals surface area (Å²) < 4.78 is 44.2. The van der Waals surface area contributed by atoms with Crippen molar-refractivity contribution >= 4 is 17.6 Å². The van der Waals surface area contributed by atoms with Crippen LogP contribution in [0.15, 0.2) is 18.2 Å². The Morgan fingerprint density at radius 3 is 2.67 bits per heavy atom. The summed E-state index contributed by atoms with van der Waals surface area (Å²) in [6.07, 6.45) is 0. The minimum atomic E-state index is -3.93. The fourth-order valence-electron chi connectivity index (χ4n) is 1.30. The van der Waals surface area contributed by atoms with Crippen LogP contribution in [0.2, 0.25) is 5.02 Å². The Bertz CT molecular complexity index is 454. The molecule has 0 saturated carbocycles. The highest BCUT2D eigenvalue weighted by Crippen LogP contribution is 2.34. The lowest BCUT2D eigenvalue weighted by Crippen LogP contribution is -2.41. The van der Waals surface area contributed by atoms with E-state index < -0.39 is 23.8 Å². The lowest BCUT2D eigenvalue weighted by molar-refractivity contribution is -0.174. The first-order chi connectivity index (χ1) is 8.30. The third-order valence-electron chi connectivity index (χ3n) is 2.24. The maximum Gasteiger partial charge on any atom is 0.379 e. The van der Waals surface area contributed by atoms with Crippen LogP contribution in [-0.4, -0.2) is 18.5 Å². The summed E-state index contributed by atoms with van der Waals surface area (Å²) in [5.74, 6) is -6.36. The molecule has 100 valence electrons. The van der Waals surface area contributed by atoms with Crippen LogP contribution < -0.4 is 5.73 Å². The van der Waals surface area contributed by atoms with Crippen LogP contribution in [0.4, 0.5) is 13.2 Å². The Hall–Kier alpha value is -1.27. The predicted molar refractivity (Wildman–Crippen MR) is 59.9 cm³/mol. The topological polar surface area (TPSA) is 52.3 Å².